The number of fused-ring (bicyclic) bond motifs is 2. The molecule has 2 aromatic carbocycles. The van der Waals surface area contributed by atoms with E-state index in [4.69, 9.17) is 14.2 Å². The zero-order valence-corrected chi connectivity index (χ0v) is 16.1. The topological polar surface area (TPSA) is 80.9 Å². The Balaban J connectivity index is 1.32. The van der Waals surface area contributed by atoms with Gasteiger partial charge in [0.1, 0.15) is 0 Å². The minimum Gasteiger partial charge on any atom is -0.455 e. The van der Waals surface area contributed by atoms with Gasteiger partial charge in [0.05, 0.1) is 6.42 Å². The molecule has 2 heterocycles. The van der Waals surface area contributed by atoms with E-state index in [1.165, 1.54) is 0 Å². The van der Waals surface area contributed by atoms with Crippen LogP contribution < -0.4 is 9.47 Å². The summed E-state index contributed by atoms with van der Waals surface area (Å²) in [5, 5.41) is 0.980. The van der Waals surface area contributed by atoms with Gasteiger partial charge in [-0.25, -0.2) is 0 Å². The largest absolute Gasteiger partial charge is 0.455 e. The van der Waals surface area contributed by atoms with Gasteiger partial charge < -0.3 is 24.1 Å². The fourth-order valence-electron chi connectivity index (χ4n) is 3.35. The number of esters is 1. The Morgan fingerprint density at radius 3 is 2.83 bits per heavy atom. The average molecular weight is 394 g/mol. The van der Waals surface area contributed by atoms with Crippen LogP contribution in [0.2, 0.25) is 0 Å². The lowest BCUT2D eigenvalue weighted by Crippen LogP contribution is -2.34. The third-order valence-electron chi connectivity index (χ3n) is 4.91. The van der Waals surface area contributed by atoms with E-state index in [9.17, 15) is 9.59 Å². The van der Waals surface area contributed by atoms with Crippen LogP contribution in [0, 0.1) is 0 Å². The molecule has 1 amide bonds. The van der Waals surface area contributed by atoms with Crippen LogP contribution in [-0.2, 0) is 27.3 Å². The summed E-state index contributed by atoms with van der Waals surface area (Å²) in [4.78, 5) is 29.5. The summed E-state index contributed by atoms with van der Waals surface area (Å²) in [6.07, 6.45) is 1.91. The van der Waals surface area contributed by atoms with Crippen LogP contribution in [0.4, 0.5) is 0 Å². The number of nitrogens with zero attached hydrogens (tertiary/aromatic N) is 1. The van der Waals surface area contributed by atoms with Crippen molar-refractivity contribution < 1.29 is 23.8 Å². The number of rotatable bonds is 7. The molecule has 0 aliphatic carbocycles. The second-order valence-corrected chi connectivity index (χ2v) is 6.79. The van der Waals surface area contributed by atoms with E-state index in [-0.39, 0.29) is 25.7 Å². The van der Waals surface area contributed by atoms with Crippen LogP contribution in [0.15, 0.2) is 48.7 Å². The highest BCUT2D eigenvalue weighted by atomic mass is 16.7. The van der Waals surface area contributed by atoms with Crippen molar-refractivity contribution in [3.8, 4) is 11.5 Å². The van der Waals surface area contributed by atoms with Crippen LogP contribution in [-0.4, -0.2) is 41.7 Å². The number of hydrogen-bond donors (Lipinski definition) is 1. The number of H-pyrrole nitrogens is 1. The molecule has 0 bridgehead atoms. The first kappa shape index (κ1) is 18.9. The molecule has 0 atom stereocenters. The van der Waals surface area contributed by atoms with Crippen LogP contribution in [0.25, 0.3) is 10.9 Å². The fraction of sp³-hybridized carbons (Fsp3) is 0.273. The van der Waals surface area contributed by atoms with Gasteiger partial charge in [-0.3, -0.25) is 9.59 Å². The maximum absolute atomic E-state index is 12.5. The Labute approximate surface area is 168 Å². The molecular formula is C22H22N2O5. The summed E-state index contributed by atoms with van der Waals surface area (Å²) >= 11 is 0. The Morgan fingerprint density at radius 2 is 1.97 bits per heavy atom. The normalized spacial score (nSPS) is 12.2. The number of hydrogen-bond acceptors (Lipinski definition) is 5. The van der Waals surface area contributed by atoms with Crippen LogP contribution in [0.3, 0.4) is 0 Å². The molecule has 7 nitrogen and oxygen atoms in total. The standard InChI is InChI=1S/C22H22N2O5/c1-2-24(12-15-7-8-19-20(9-15)29-14-28-19)21(25)13-27-22(26)10-16-11-23-18-6-4-3-5-17(16)18/h3-9,11,23H,2,10,12-14H2,1H3. The molecule has 0 unspecified atom stereocenters. The first-order valence-corrected chi connectivity index (χ1v) is 9.51. The van der Waals surface area contributed by atoms with E-state index in [2.05, 4.69) is 4.98 Å². The molecule has 1 N–H and O–H groups in total. The molecule has 4 rings (SSSR count). The molecule has 0 saturated carbocycles. The second-order valence-electron chi connectivity index (χ2n) is 6.79. The summed E-state index contributed by atoms with van der Waals surface area (Å²) < 4.78 is 15.9. The molecule has 0 saturated heterocycles. The van der Waals surface area contributed by atoms with Crippen molar-refractivity contribution in [1.29, 1.82) is 0 Å². The van der Waals surface area contributed by atoms with Crippen molar-refractivity contribution in [2.24, 2.45) is 0 Å². The number of likely N-dealkylation sites (N-methyl/N-ethyl adjacent to an activating group) is 1. The number of aromatic nitrogens is 1. The minimum absolute atomic E-state index is 0.117. The first-order chi connectivity index (χ1) is 14.1. The quantitative estimate of drug-likeness (QED) is 0.623. The summed E-state index contributed by atoms with van der Waals surface area (Å²) in [6, 6.07) is 13.3. The number of carbonyl (C=O) groups excluding carboxylic acids is 2. The van der Waals surface area contributed by atoms with Gasteiger partial charge >= 0.3 is 5.97 Å². The highest BCUT2D eigenvalue weighted by Crippen LogP contribution is 2.32. The molecule has 7 heteroatoms. The summed E-state index contributed by atoms with van der Waals surface area (Å²) in [7, 11) is 0. The van der Waals surface area contributed by atoms with Gasteiger partial charge in [0.15, 0.2) is 18.1 Å². The zero-order chi connectivity index (χ0) is 20.2. The molecule has 3 aromatic rings. The van der Waals surface area contributed by atoms with Gasteiger partial charge in [-0.05, 0) is 36.2 Å². The maximum Gasteiger partial charge on any atom is 0.310 e. The second kappa shape index (κ2) is 8.26. The zero-order valence-electron chi connectivity index (χ0n) is 16.1. The molecule has 0 spiro atoms. The van der Waals surface area contributed by atoms with Crippen LogP contribution in [0.1, 0.15) is 18.1 Å². The van der Waals surface area contributed by atoms with E-state index in [1.807, 2.05) is 49.4 Å². The SMILES string of the molecule is CCN(Cc1ccc2c(c1)OCO2)C(=O)COC(=O)Cc1c[nH]c2ccccc12. The number of aromatic amines is 1. The lowest BCUT2D eigenvalue weighted by molar-refractivity contribution is -0.151. The Hall–Kier alpha value is -3.48. The van der Waals surface area contributed by atoms with Crippen molar-refractivity contribution in [1.82, 2.24) is 9.88 Å². The molecule has 0 fully saturated rings. The summed E-state index contributed by atoms with van der Waals surface area (Å²) in [5.41, 5.74) is 2.74. The third-order valence-corrected chi connectivity index (χ3v) is 4.91. The minimum atomic E-state index is -0.428. The highest BCUT2D eigenvalue weighted by molar-refractivity contribution is 5.88. The third kappa shape index (κ3) is 4.18. The van der Waals surface area contributed by atoms with E-state index < -0.39 is 5.97 Å². The van der Waals surface area contributed by atoms with Crippen molar-refractivity contribution in [2.75, 3.05) is 19.9 Å². The lowest BCUT2D eigenvalue weighted by atomic mass is 10.1. The predicted molar refractivity (Wildman–Crippen MR) is 107 cm³/mol. The number of para-hydroxylation sites is 1. The van der Waals surface area contributed by atoms with Gasteiger partial charge in [-0.15, -0.1) is 0 Å². The van der Waals surface area contributed by atoms with Crippen molar-refractivity contribution in [3.63, 3.8) is 0 Å². The van der Waals surface area contributed by atoms with Gasteiger partial charge in [0.2, 0.25) is 6.79 Å². The fourth-order valence-corrected chi connectivity index (χ4v) is 3.35. The Morgan fingerprint density at radius 1 is 1.14 bits per heavy atom. The summed E-state index contributed by atoms with van der Waals surface area (Å²) in [5.74, 6) is 0.713. The Bertz CT molecular complexity index is 1040. The van der Waals surface area contributed by atoms with E-state index in [1.54, 1.807) is 11.1 Å². The molecule has 150 valence electrons. The van der Waals surface area contributed by atoms with E-state index >= 15 is 0 Å². The van der Waals surface area contributed by atoms with E-state index in [0.29, 0.717) is 24.6 Å². The number of ether oxygens (including phenoxy) is 3. The van der Waals surface area contributed by atoms with E-state index in [0.717, 1.165) is 22.0 Å². The van der Waals surface area contributed by atoms with Crippen molar-refractivity contribution >= 4 is 22.8 Å². The van der Waals surface area contributed by atoms with Gasteiger partial charge in [-0.2, -0.15) is 0 Å². The predicted octanol–water partition coefficient (Wildman–Crippen LogP) is 3.03. The number of benzene rings is 2. The average Bonchev–Trinajstić information content (AvgIpc) is 3.37. The smallest absolute Gasteiger partial charge is 0.310 e. The monoisotopic (exact) mass is 394 g/mol. The van der Waals surface area contributed by atoms with Crippen molar-refractivity contribution in [3.05, 3.63) is 59.8 Å². The number of amides is 1. The highest BCUT2D eigenvalue weighted by Gasteiger charge is 2.18. The molecule has 1 aromatic heterocycles. The van der Waals surface area contributed by atoms with Crippen molar-refractivity contribution in [2.45, 2.75) is 19.9 Å². The number of carbonyl (C=O) groups is 2. The molecule has 1 aliphatic rings. The lowest BCUT2D eigenvalue weighted by Gasteiger charge is -2.21. The Kier molecular flexibility index (Phi) is 5.37. The van der Waals surface area contributed by atoms with Gasteiger partial charge in [0.25, 0.3) is 5.91 Å². The van der Waals surface area contributed by atoms with Gasteiger partial charge in [-0.1, -0.05) is 24.3 Å². The van der Waals surface area contributed by atoms with Gasteiger partial charge in [0, 0.05) is 30.2 Å². The molecular weight excluding hydrogens is 372 g/mol. The summed E-state index contributed by atoms with van der Waals surface area (Å²) in [6.45, 7) is 2.74. The molecule has 0 radical (unpaired) electrons. The number of nitrogens with one attached hydrogen (secondary N) is 1. The molecule has 29 heavy (non-hydrogen) atoms. The maximum atomic E-state index is 12.5. The van der Waals surface area contributed by atoms with Crippen LogP contribution >= 0.6 is 0 Å². The molecule has 1 aliphatic heterocycles. The van der Waals surface area contributed by atoms with Crippen LogP contribution in [0.5, 0.6) is 11.5 Å². The first-order valence-electron chi connectivity index (χ1n) is 9.51.